The molecule has 0 aromatic carbocycles. The Morgan fingerprint density at radius 3 is 2.25 bits per heavy atom. The maximum Gasteiger partial charge on any atom is 0.434 e. The molecule has 0 saturated heterocycles. The lowest BCUT2D eigenvalue weighted by Gasteiger charge is -2.26. The van der Waals surface area contributed by atoms with Gasteiger partial charge in [0.1, 0.15) is 5.60 Å². The topological polar surface area (TPSA) is 38.8 Å². The molecule has 0 radical (unpaired) electrons. The SMILES string of the molecule is CCCCN(OCCC)C(=O)OC(C)(C)C. The molecule has 0 aliphatic heterocycles. The number of ether oxygens (including phenoxy) is 1. The Morgan fingerprint density at radius 2 is 1.81 bits per heavy atom. The molecule has 0 aliphatic carbocycles. The largest absolute Gasteiger partial charge is 0.442 e. The number of rotatable bonds is 6. The van der Waals surface area contributed by atoms with E-state index in [9.17, 15) is 4.79 Å². The van der Waals surface area contributed by atoms with Crippen molar-refractivity contribution < 1.29 is 14.4 Å². The Hall–Kier alpha value is -0.770. The normalized spacial score (nSPS) is 11.3. The second kappa shape index (κ2) is 7.49. The Labute approximate surface area is 98.9 Å². The van der Waals surface area contributed by atoms with Gasteiger partial charge in [0.2, 0.25) is 0 Å². The molecule has 0 aliphatic rings. The van der Waals surface area contributed by atoms with Crippen molar-refractivity contribution in [3.8, 4) is 0 Å². The highest BCUT2D eigenvalue weighted by Gasteiger charge is 2.22. The van der Waals surface area contributed by atoms with Crippen LogP contribution >= 0.6 is 0 Å². The number of carbonyl (C=O) groups excluding carboxylic acids is 1. The molecule has 0 spiro atoms. The molecule has 0 rings (SSSR count). The van der Waals surface area contributed by atoms with Gasteiger partial charge in [0.05, 0.1) is 13.2 Å². The van der Waals surface area contributed by atoms with Crippen LogP contribution in [-0.2, 0) is 9.57 Å². The lowest BCUT2D eigenvalue weighted by Crippen LogP contribution is -2.37. The molecule has 4 heteroatoms. The van der Waals surface area contributed by atoms with Crippen molar-refractivity contribution in [2.24, 2.45) is 0 Å². The van der Waals surface area contributed by atoms with Crippen LogP contribution in [0, 0.1) is 0 Å². The summed E-state index contributed by atoms with van der Waals surface area (Å²) in [5, 5.41) is 1.33. The third kappa shape index (κ3) is 7.51. The molecular weight excluding hydrogens is 206 g/mol. The number of nitrogens with zero attached hydrogens (tertiary/aromatic N) is 1. The highest BCUT2D eigenvalue weighted by Crippen LogP contribution is 2.11. The Morgan fingerprint density at radius 1 is 1.19 bits per heavy atom. The summed E-state index contributed by atoms with van der Waals surface area (Å²) in [5.41, 5.74) is -0.475. The van der Waals surface area contributed by atoms with Crippen molar-refractivity contribution >= 4 is 6.09 Å². The zero-order chi connectivity index (χ0) is 12.6. The fourth-order valence-corrected chi connectivity index (χ4v) is 1.02. The zero-order valence-electron chi connectivity index (χ0n) is 11.2. The monoisotopic (exact) mass is 231 g/mol. The smallest absolute Gasteiger partial charge is 0.434 e. The van der Waals surface area contributed by atoms with Crippen molar-refractivity contribution in [2.45, 2.75) is 59.5 Å². The van der Waals surface area contributed by atoms with E-state index in [0.29, 0.717) is 13.2 Å². The minimum Gasteiger partial charge on any atom is -0.442 e. The Balaban J connectivity index is 4.19. The van der Waals surface area contributed by atoms with Crippen LogP contribution in [0.25, 0.3) is 0 Å². The summed E-state index contributed by atoms with van der Waals surface area (Å²) in [5.74, 6) is 0. The molecule has 0 bridgehead atoms. The van der Waals surface area contributed by atoms with Gasteiger partial charge >= 0.3 is 6.09 Å². The van der Waals surface area contributed by atoms with Crippen molar-refractivity contribution in [3.05, 3.63) is 0 Å². The number of unbranched alkanes of at least 4 members (excludes halogenated alkanes) is 1. The Bertz CT molecular complexity index is 191. The number of hydrogen-bond donors (Lipinski definition) is 0. The van der Waals surface area contributed by atoms with Crippen LogP contribution in [0.15, 0.2) is 0 Å². The molecule has 96 valence electrons. The lowest BCUT2D eigenvalue weighted by molar-refractivity contribution is -0.147. The number of carbonyl (C=O) groups is 1. The fraction of sp³-hybridized carbons (Fsp3) is 0.917. The first-order chi connectivity index (χ1) is 7.40. The molecule has 0 aromatic rings. The van der Waals surface area contributed by atoms with Crippen LogP contribution in [0.3, 0.4) is 0 Å². The summed E-state index contributed by atoms with van der Waals surface area (Å²) in [6, 6.07) is 0. The molecule has 0 N–H and O–H groups in total. The average Bonchev–Trinajstić information content (AvgIpc) is 2.15. The maximum atomic E-state index is 11.7. The van der Waals surface area contributed by atoms with E-state index in [1.165, 1.54) is 5.06 Å². The highest BCUT2D eigenvalue weighted by atomic mass is 16.7. The predicted octanol–water partition coefficient (Wildman–Crippen LogP) is 3.37. The van der Waals surface area contributed by atoms with Gasteiger partial charge in [-0.15, -0.1) is 0 Å². The molecule has 0 unspecified atom stereocenters. The maximum absolute atomic E-state index is 11.7. The summed E-state index contributed by atoms with van der Waals surface area (Å²) in [6.45, 7) is 10.8. The minimum atomic E-state index is -0.475. The van der Waals surface area contributed by atoms with E-state index >= 15 is 0 Å². The first-order valence-corrected chi connectivity index (χ1v) is 6.04. The van der Waals surface area contributed by atoms with E-state index in [0.717, 1.165) is 19.3 Å². The number of amides is 1. The van der Waals surface area contributed by atoms with Crippen molar-refractivity contribution in [2.75, 3.05) is 13.2 Å². The number of hydrogen-bond acceptors (Lipinski definition) is 3. The van der Waals surface area contributed by atoms with Gasteiger partial charge in [-0.3, -0.25) is 4.84 Å². The van der Waals surface area contributed by atoms with Crippen molar-refractivity contribution in [1.29, 1.82) is 0 Å². The van der Waals surface area contributed by atoms with Gasteiger partial charge in [-0.25, -0.2) is 4.79 Å². The van der Waals surface area contributed by atoms with Crippen LogP contribution in [0.4, 0.5) is 4.79 Å². The fourth-order valence-electron chi connectivity index (χ4n) is 1.02. The van der Waals surface area contributed by atoms with Gasteiger partial charge < -0.3 is 4.74 Å². The van der Waals surface area contributed by atoms with Crippen LogP contribution in [0.2, 0.25) is 0 Å². The second-order valence-corrected chi connectivity index (χ2v) is 4.77. The quantitative estimate of drug-likeness (QED) is 0.658. The van der Waals surface area contributed by atoms with Crippen LogP contribution in [0.5, 0.6) is 0 Å². The third-order valence-electron chi connectivity index (χ3n) is 1.76. The average molecular weight is 231 g/mol. The van der Waals surface area contributed by atoms with E-state index in [4.69, 9.17) is 9.57 Å². The van der Waals surface area contributed by atoms with E-state index in [1.54, 1.807) is 0 Å². The zero-order valence-corrected chi connectivity index (χ0v) is 11.2. The minimum absolute atomic E-state index is 0.394. The van der Waals surface area contributed by atoms with Gasteiger partial charge in [-0.2, -0.15) is 5.06 Å². The third-order valence-corrected chi connectivity index (χ3v) is 1.76. The standard InChI is InChI=1S/C12H25NO3/c1-6-8-9-13(15-10-7-2)11(14)16-12(3,4)5/h6-10H2,1-5H3. The van der Waals surface area contributed by atoms with Crippen molar-refractivity contribution in [3.63, 3.8) is 0 Å². The molecule has 16 heavy (non-hydrogen) atoms. The summed E-state index contributed by atoms with van der Waals surface area (Å²) in [7, 11) is 0. The molecular formula is C12H25NO3. The summed E-state index contributed by atoms with van der Waals surface area (Å²) >= 11 is 0. The van der Waals surface area contributed by atoms with E-state index < -0.39 is 11.7 Å². The summed E-state index contributed by atoms with van der Waals surface area (Å²) < 4.78 is 5.26. The summed E-state index contributed by atoms with van der Waals surface area (Å²) in [6.07, 6.45) is 2.43. The first kappa shape index (κ1) is 15.2. The first-order valence-electron chi connectivity index (χ1n) is 6.04. The Kier molecular flexibility index (Phi) is 7.13. The van der Waals surface area contributed by atoms with Crippen LogP contribution in [-0.4, -0.2) is 29.9 Å². The highest BCUT2D eigenvalue weighted by molar-refractivity contribution is 5.66. The molecule has 1 amide bonds. The molecule has 0 aromatic heterocycles. The molecule has 0 fully saturated rings. The van der Waals surface area contributed by atoms with Gasteiger partial charge in [0.15, 0.2) is 0 Å². The second-order valence-electron chi connectivity index (χ2n) is 4.77. The summed E-state index contributed by atoms with van der Waals surface area (Å²) in [4.78, 5) is 17.1. The van der Waals surface area contributed by atoms with Crippen LogP contribution < -0.4 is 0 Å². The van der Waals surface area contributed by atoms with Crippen LogP contribution in [0.1, 0.15) is 53.9 Å². The van der Waals surface area contributed by atoms with Gasteiger partial charge in [-0.1, -0.05) is 20.3 Å². The number of hydroxylamine groups is 2. The molecule has 4 nitrogen and oxygen atoms in total. The van der Waals surface area contributed by atoms with Gasteiger partial charge in [-0.05, 0) is 33.6 Å². The van der Waals surface area contributed by atoms with E-state index in [2.05, 4.69) is 6.92 Å². The predicted molar refractivity (Wildman–Crippen MR) is 64.1 cm³/mol. The lowest BCUT2D eigenvalue weighted by atomic mass is 10.2. The molecule has 0 heterocycles. The van der Waals surface area contributed by atoms with E-state index in [1.807, 2.05) is 27.7 Å². The van der Waals surface area contributed by atoms with Gasteiger partial charge in [0.25, 0.3) is 0 Å². The van der Waals surface area contributed by atoms with E-state index in [-0.39, 0.29) is 0 Å². The molecule has 0 atom stereocenters. The van der Waals surface area contributed by atoms with Crippen molar-refractivity contribution in [1.82, 2.24) is 5.06 Å². The molecule has 0 saturated carbocycles. The van der Waals surface area contributed by atoms with Gasteiger partial charge in [0, 0.05) is 0 Å².